The molecule has 0 aliphatic carbocycles. The minimum Gasteiger partial charge on any atom is -0.297 e. The molecule has 1 aromatic carbocycles. The summed E-state index contributed by atoms with van der Waals surface area (Å²) in [4.78, 5) is 14.4. The highest BCUT2D eigenvalue weighted by Gasteiger charge is 2.20. The minimum absolute atomic E-state index is 0.0491. The van der Waals surface area contributed by atoms with Gasteiger partial charge in [0.05, 0.1) is 6.20 Å². The first kappa shape index (κ1) is 15.0. The maximum absolute atomic E-state index is 11.9. The summed E-state index contributed by atoms with van der Waals surface area (Å²) in [6.45, 7) is 6.21. The maximum Gasteiger partial charge on any atom is 0.178 e. The van der Waals surface area contributed by atoms with Crippen LogP contribution in [0.1, 0.15) is 48.8 Å². The second-order valence-corrected chi connectivity index (χ2v) is 6.13. The highest BCUT2D eigenvalue weighted by molar-refractivity contribution is 5.99. The molecule has 0 radical (unpaired) electrons. The van der Waals surface area contributed by atoms with Gasteiger partial charge in [-0.05, 0) is 50.0 Å². The number of nitrogens with zero attached hydrogens (tertiary/aromatic N) is 3. The van der Waals surface area contributed by atoms with Crippen molar-refractivity contribution in [1.82, 2.24) is 14.7 Å². The third-order valence-electron chi connectivity index (χ3n) is 4.64. The van der Waals surface area contributed by atoms with E-state index in [-0.39, 0.29) is 5.78 Å². The van der Waals surface area contributed by atoms with Crippen molar-refractivity contribution in [2.45, 2.75) is 32.7 Å². The molecule has 1 aromatic heterocycles. The Labute approximate surface area is 131 Å². The van der Waals surface area contributed by atoms with Gasteiger partial charge in [-0.25, -0.2) is 0 Å². The molecule has 0 saturated carbocycles. The van der Waals surface area contributed by atoms with E-state index in [0.29, 0.717) is 11.7 Å². The van der Waals surface area contributed by atoms with Crippen LogP contribution < -0.4 is 0 Å². The van der Waals surface area contributed by atoms with Gasteiger partial charge in [0.25, 0.3) is 0 Å². The molecule has 1 aliphatic rings. The number of carbonyl (C=O) groups excluding carboxylic acids is 1. The lowest BCUT2D eigenvalue weighted by Gasteiger charge is -2.24. The van der Waals surface area contributed by atoms with E-state index in [4.69, 9.17) is 0 Å². The highest BCUT2D eigenvalue weighted by Crippen LogP contribution is 2.29. The molecule has 0 spiro atoms. The molecular formula is C18H23N3O. The van der Waals surface area contributed by atoms with Crippen LogP contribution in [0.3, 0.4) is 0 Å². The molecule has 1 saturated heterocycles. The van der Waals surface area contributed by atoms with E-state index in [1.807, 2.05) is 7.05 Å². The molecule has 4 heteroatoms. The van der Waals surface area contributed by atoms with Gasteiger partial charge in [-0.15, -0.1) is 0 Å². The van der Waals surface area contributed by atoms with Gasteiger partial charge in [0, 0.05) is 25.6 Å². The van der Waals surface area contributed by atoms with Gasteiger partial charge in [-0.3, -0.25) is 14.4 Å². The number of aromatic nitrogens is 2. The van der Waals surface area contributed by atoms with E-state index in [2.05, 4.69) is 41.2 Å². The predicted molar refractivity (Wildman–Crippen MR) is 87.9 cm³/mol. The number of rotatable bonds is 4. The van der Waals surface area contributed by atoms with Crippen LogP contribution in [-0.4, -0.2) is 33.6 Å². The largest absolute Gasteiger partial charge is 0.297 e. The van der Waals surface area contributed by atoms with E-state index < -0.39 is 0 Å². The van der Waals surface area contributed by atoms with Crippen molar-refractivity contribution in [3.8, 4) is 11.1 Å². The lowest BCUT2D eigenvalue weighted by atomic mass is 9.99. The van der Waals surface area contributed by atoms with Crippen molar-refractivity contribution in [1.29, 1.82) is 0 Å². The Balaban J connectivity index is 1.96. The molecule has 0 N–H and O–H groups in total. The average Bonchev–Trinajstić information content (AvgIpc) is 3.15. The molecule has 1 aliphatic heterocycles. The van der Waals surface area contributed by atoms with Crippen LogP contribution in [-0.2, 0) is 7.05 Å². The third-order valence-corrected chi connectivity index (χ3v) is 4.64. The number of aryl methyl sites for hydroxylation is 1. The zero-order valence-corrected chi connectivity index (χ0v) is 13.5. The summed E-state index contributed by atoms with van der Waals surface area (Å²) in [5.41, 5.74) is 3.97. The monoisotopic (exact) mass is 297 g/mol. The van der Waals surface area contributed by atoms with E-state index in [1.54, 1.807) is 17.8 Å². The Hall–Kier alpha value is -1.94. The first-order valence-corrected chi connectivity index (χ1v) is 7.95. The van der Waals surface area contributed by atoms with Gasteiger partial charge in [-0.2, -0.15) is 5.10 Å². The number of hydrogen-bond donors (Lipinski definition) is 0. The second-order valence-electron chi connectivity index (χ2n) is 6.13. The molecule has 22 heavy (non-hydrogen) atoms. The van der Waals surface area contributed by atoms with Gasteiger partial charge in [0.2, 0.25) is 0 Å². The summed E-state index contributed by atoms with van der Waals surface area (Å²) in [6.07, 6.45) is 4.37. The molecule has 0 unspecified atom stereocenters. The lowest BCUT2D eigenvalue weighted by molar-refractivity contribution is 0.100. The zero-order valence-electron chi connectivity index (χ0n) is 13.5. The number of hydrogen-bond acceptors (Lipinski definition) is 3. The summed E-state index contributed by atoms with van der Waals surface area (Å²) in [5, 5.41) is 4.25. The van der Waals surface area contributed by atoms with Gasteiger partial charge in [0.15, 0.2) is 5.78 Å². The number of carbonyl (C=O) groups is 1. The summed E-state index contributed by atoms with van der Waals surface area (Å²) >= 11 is 0. The summed E-state index contributed by atoms with van der Waals surface area (Å²) in [6, 6.07) is 8.93. The molecule has 1 atom stereocenters. The van der Waals surface area contributed by atoms with Crippen LogP contribution in [0.5, 0.6) is 0 Å². The first-order valence-electron chi connectivity index (χ1n) is 7.95. The Morgan fingerprint density at radius 1 is 1.27 bits per heavy atom. The van der Waals surface area contributed by atoms with Crippen molar-refractivity contribution in [3.05, 3.63) is 41.7 Å². The zero-order chi connectivity index (χ0) is 15.7. The Kier molecular flexibility index (Phi) is 4.12. The van der Waals surface area contributed by atoms with Crippen LogP contribution in [0.15, 0.2) is 30.5 Å². The van der Waals surface area contributed by atoms with Crippen molar-refractivity contribution in [2.24, 2.45) is 7.05 Å². The fourth-order valence-corrected chi connectivity index (χ4v) is 3.37. The molecule has 0 bridgehead atoms. The molecule has 3 rings (SSSR count). The van der Waals surface area contributed by atoms with Gasteiger partial charge in [-0.1, -0.05) is 18.2 Å². The molecule has 4 nitrogen and oxygen atoms in total. The molecule has 2 aromatic rings. The van der Waals surface area contributed by atoms with Crippen LogP contribution in [0, 0.1) is 0 Å². The highest BCUT2D eigenvalue weighted by atomic mass is 16.1. The average molecular weight is 297 g/mol. The standard InChI is InChI=1S/C18H23N3O/c1-13(21-9-4-5-10-21)15-7-6-8-16(11-15)17-12-19-20(3)18(17)14(2)22/h6-8,11-13H,4-5,9-10H2,1-3H3/t13-/m1/s1. The molecule has 2 heterocycles. The maximum atomic E-state index is 11.9. The van der Waals surface area contributed by atoms with Crippen LogP contribution in [0.25, 0.3) is 11.1 Å². The third kappa shape index (κ3) is 2.71. The van der Waals surface area contributed by atoms with Crippen molar-refractivity contribution < 1.29 is 4.79 Å². The number of likely N-dealkylation sites (tertiary alicyclic amines) is 1. The predicted octanol–water partition coefficient (Wildman–Crippen LogP) is 3.45. The van der Waals surface area contributed by atoms with Crippen molar-refractivity contribution >= 4 is 5.78 Å². The summed E-state index contributed by atoms with van der Waals surface area (Å²) in [7, 11) is 1.82. The van der Waals surface area contributed by atoms with E-state index in [0.717, 1.165) is 11.1 Å². The van der Waals surface area contributed by atoms with Crippen LogP contribution in [0.2, 0.25) is 0 Å². The van der Waals surface area contributed by atoms with Gasteiger partial charge >= 0.3 is 0 Å². The van der Waals surface area contributed by atoms with E-state index >= 15 is 0 Å². The summed E-state index contributed by atoms with van der Waals surface area (Å²) < 4.78 is 1.66. The molecular weight excluding hydrogens is 274 g/mol. The Morgan fingerprint density at radius 2 is 2.00 bits per heavy atom. The number of Topliss-reactive ketones (excluding diaryl/α,β-unsaturated/α-hetero) is 1. The minimum atomic E-state index is 0.0491. The van der Waals surface area contributed by atoms with E-state index in [9.17, 15) is 4.79 Å². The fourth-order valence-electron chi connectivity index (χ4n) is 3.37. The second kappa shape index (κ2) is 6.05. The van der Waals surface area contributed by atoms with Crippen molar-refractivity contribution in [3.63, 3.8) is 0 Å². The normalized spacial score (nSPS) is 16.9. The molecule has 1 fully saturated rings. The van der Waals surface area contributed by atoms with E-state index in [1.165, 1.54) is 31.5 Å². The smallest absolute Gasteiger partial charge is 0.178 e. The number of ketones is 1. The first-order chi connectivity index (χ1) is 10.6. The van der Waals surface area contributed by atoms with Gasteiger partial charge < -0.3 is 0 Å². The summed E-state index contributed by atoms with van der Waals surface area (Å²) in [5.74, 6) is 0.0491. The molecule has 116 valence electrons. The topological polar surface area (TPSA) is 38.1 Å². The Bertz CT molecular complexity index is 683. The van der Waals surface area contributed by atoms with Crippen LogP contribution in [0.4, 0.5) is 0 Å². The fraction of sp³-hybridized carbons (Fsp3) is 0.444. The number of benzene rings is 1. The van der Waals surface area contributed by atoms with Gasteiger partial charge in [0.1, 0.15) is 5.69 Å². The van der Waals surface area contributed by atoms with Crippen molar-refractivity contribution in [2.75, 3.05) is 13.1 Å². The SMILES string of the molecule is CC(=O)c1c(-c2cccc([C@@H](C)N3CCCC3)c2)cnn1C. The quantitative estimate of drug-likeness (QED) is 0.811. The lowest BCUT2D eigenvalue weighted by Crippen LogP contribution is -2.23. The van der Waals surface area contributed by atoms with Crippen LogP contribution >= 0.6 is 0 Å². The Morgan fingerprint density at radius 3 is 2.68 bits per heavy atom. The molecule has 0 amide bonds.